The Morgan fingerprint density at radius 3 is 2.63 bits per heavy atom. The van der Waals surface area contributed by atoms with Crippen molar-refractivity contribution in [1.29, 1.82) is 0 Å². The molecule has 0 saturated heterocycles. The van der Waals surface area contributed by atoms with E-state index in [0.717, 1.165) is 11.3 Å². The maximum atomic E-state index is 10.4. The molecule has 1 aliphatic rings. The van der Waals surface area contributed by atoms with Crippen LogP contribution in [0.1, 0.15) is 31.4 Å². The Morgan fingerprint density at radius 2 is 1.93 bits per heavy atom. The van der Waals surface area contributed by atoms with Crippen LogP contribution < -0.4 is 0 Å². The highest BCUT2D eigenvalue weighted by Crippen LogP contribution is 2.26. The van der Waals surface area contributed by atoms with E-state index >= 15 is 0 Å². The van der Waals surface area contributed by atoms with E-state index in [1.807, 2.05) is 44.2 Å². The van der Waals surface area contributed by atoms with Crippen LogP contribution in [0.3, 0.4) is 0 Å². The zero-order valence-electron chi connectivity index (χ0n) is 17.3. The predicted molar refractivity (Wildman–Crippen MR) is 121 cm³/mol. The van der Waals surface area contributed by atoms with Gasteiger partial charge in [-0.1, -0.05) is 64.8 Å². The number of hydrogen-bond donors (Lipinski definition) is 1. The Hall–Kier alpha value is -1.63. The second-order valence-corrected chi connectivity index (χ2v) is 8.63. The van der Waals surface area contributed by atoms with Crippen molar-refractivity contribution in [1.82, 2.24) is 4.90 Å². The van der Waals surface area contributed by atoms with Gasteiger partial charge in [0.15, 0.2) is 0 Å². The van der Waals surface area contributed by atoms with Crippen LogP contribution in [0.5, 0.6) is 0 Å². The van der Waals surface area contributed by atoms with E-state index in [-0.39, 0.29) is 12.2 Å². The maximum absolute atomic E-state index is 10.4. The van der Waals surface area contributed by atoms with Gasteiger partial charge in [-0.2, -0.15) is 0 Å². The van der Waals surface area contributed by atoms with Crippen molar-refractivity contribution in [2.24, 2.45) is 5.16 Å². The Balaban J connectivity index is 1.61. The van der Waals surface area contributed by atoms with Gasteiger partial charge in [-0.3, -0.25) is 4.90 Å². The summed E-state index contributed by atoms with van der Waals surface area (Å²) < 4.78 is 5.57. The fourth-order valence-corrected chi connectivity index (χ4v) is 3.66. The number of halogens is 2. The van der Waals surface area contributed by atoms with E-state index in [1.165, 1.54) is 5.56 Å². The molecule has 1 heterocycles. The molecule has 2 aromatic carbocycles. The number of rotatable bonds is 10. The van der Waals surface area contributed by atoms with Crippen molar-refractivity contribution in [2.45, 2.75) is 45.1 Å². The molecule has 30 heavy (non-hydrogen) atoms. The van der Waals surface area contributed by atoms with Gasteiger partial charge < -0.3 is 14.7 Å². The summed E-state index contributed by atoms with van der Waals surface area (Å²) in [7, 11) is 0. The summed E-state index contributed by atoms with van der Waals surface area (Å²) in [5, 5.41) is 15.7. The maximum Gasteiger partial charge on any atom is 0.145 e. The number of hydrogen-bond acceptors (Lipinski definition) is 5. The number of aliphatic hydroxyl groups excluding tert-OH is 1. The van der Waals surface area contributed by atoms with Crippen molar-refractivity contribution in [2.75, 3.05) is 19.7 Å². The Kier molecular flexibility index (Phi) is 8.54. The van der Waals surface area contributed by atoms with Crippen LogP contribution >= 0.6 is 23.2 Å². The molecule has 3 rings (SSSR count). The third-order valence-electron chi connectivity index (χ3n) is 4.79. The Morgan fingerprint density at radius 1 is 1.17 bits per heavy atom. The minimum Gasteiger partial charge on any atom is -0.390 e. The molecule has 2 aromatic rings. The van der Waals surface area contributed by atoms with Crippen LogP contribution in [0, 0.1) is 0 Å². The number of oxime groups is 1. The molecule has 0 aromatic heterocycles. The lowest BCUT2D eigenvalue weighted by atomic mass is 10.0. The zero-order chi connectivity index (χ0) is 21.5. The standard InChI is InChI=1S/C23H28Cl2N2O3/c1-16(2)29-15-19(28)13-27(12-17-6-4-3-5-7-17)14-20-11-23(26-30-20)18-8-9-21(24)22(25)10-18/h3-10,16,19-20,28H,11-15H2,1-2H3/t19-,20-/m0/s1. The van der Waals surface area contributed by atoms with Crippen LogP contribution in [-0.2, 0) is 16.1 Å². The molecule has 0 bridgehead atoms. The fourth-order valence-electron chi connectivity index (χ4n) is 3.36. The third-order valence-corrected chi connectivity index (χ3v) is 5.53. The first kappa shape index (κ1) is 23.0. The van der Waals surface area contributed by atoms with Gasteiger partial charge in [0.25, 0.3) is 0 Å². The molecule has 7 heteroatoms. The van der Waals surface area contributed by atoms with Crippen molar-refractivity contribution >= 4 is 28.9 Å². The molecule has 2 atom stereocenters. The van der Waals surface area contributed by atoms with Gasteiger partial charge in [-0.25, -0.2) is 0 Å². The SMILES string of the molecule is CC(C)OC[C@@H](O)CN(Cc1ccccc1)C[C@@H]1CC(c2ccc(Cl)c(Cl)c2)=NO1. The highest BCUT2D eigenvalue weighted by Gasteiger charge is 2.26. The molecule has 0 spiro atoms. The second kappa shape index (κ2) is 11.1. The van der Waals surface area contributed by atoms with Gasteiger partial charge >= 0.3 is 0 Å². The van der Waals surface area contributed by atoms with Crippen molar-refractivity contribution < 1.29 is 14.7 Å². The summed E-state index contributed by atoms with van der Waals surface area (Å²) in [6.07, 6.45) is 0.0777. The highest BCUT2D eigenvalue weighted by molar-refractivity contribution is 6.42. The molecule has 0 amide bonds. The largest absolute Gasteiger partial charge is 0.390 e. The first-order valence-corrected chi connectivity index (χ1v) is 10.9. The number of benzene rings is 2. The molecule has 0 saturated carbocycles. The van der Waals surface area contributed by atoms with Crippen LogP contribution in [0.4, 0.5) is 0 Å². The molecular formula is C23H28Cl2N2O3. The average Bonchev–Trinajstić information content (AvgIpc) is 3.17. The first-order valence-electron chi connectivity index (χ1n) is 10.1. The molecule has 5 nitrogen and oxygen atoms in total. The van der Waals surface area contributed by atoms with Gasteiger partial charge in [-0.05, 0) is 31.5 Å². The molecule has 1 N–H and O–H groups in total. The lowest BCUT2D eigenvalue weighted by Crippen LogP contribution is -2.39. The van der Waals surface area contributed by atoms with Crippen LogP contribution in [0.2, 0.25) is 10.0 Å². The molecule has 0 aliphatic carbocycles. The second-order valence-electron chi connectivity index (χ2n) is 7.81. The fraction of sp³-hybridized carbons (Fsp3) is 0.435. The smallest absolute Gasteiger partial charge is 0.145 e. The quantitative estimate of drug-likeness (QED) is 0.565. The molecule has 162 valence electrons. The minimum absolute atomic E-state index is 0.0857. The molecule has 0 radical (unpaired) electrons. The minimum atomic E-state index is -0.576. The van der Waals surface area contributed by atoms with E-state index in [9.17, 15) is 5.11 Å². The summed E-state index contributed by atoms with van der Waals surface area (Å²) in [4.78, 5) is 7.88. The average molecular weight is 451 g/mol. The van der Waals surface area contributed by atoms with Crippen LogP contribution in [0.25, 0.3) is 0 Å². The normalized spacial score (nSPS) is 17.3. The van der Waals surface area contributed by atoms with Crippen molar-refractivity contribution in [3.8, 4) is 0 Å². The lowest BCUT2D eigenvalue weighted by molar-refractivity contribution is -0.0194. The number of ether oxygens (including phenoxy) is 1. The predicted octanol–water partition coefficient (Wildman–Crippen LogP) is 4.77. The third kappa shape index (κ3) is 6.96. The van der Waals surface area contributed by atoms with E-state index in [4.69, 9.17) is 32.8 Å². The van der Waals surface area contributed by atoms with Crippen molar-refractivity contribution in [3.05, 3.63) is 69.7 Å². The highest BCUT2D eigenvalue weighted by atomic mass is 35.5. The summed E-state index contributed by atoms with van der Waals surface area (Å²) in [5.41, 5.74) is 2.94. The monoisotopic (exact) mass is 450 g/mol. The summed E-state index contributed by atoms with van der Waals surface area (Å²) >= 11 is 12.1. The first-order chi connectivity index (χ1) is 14.4. The molecule has 0 unspecified atom stereocenters. The van der Waals surface area contributed by atoms with Gasteiger partial charge in [0, 0.05) is 31.6 Å². The van der Waals surface area contributed by atoms with Crippen LogP contribution in [-0.4, -0.2) is 53.7 Å². The van der Waals surface area contributed by atoms with Gasteiger partial charge in [0.05, 0.1) is 34.6 Å². The topological polar surface area (TPSA) is 54.3 Å². The van der Waals surface area contributed by atoms with Crippen LogP contribution in [0.15, 0.2) is 53.7 Å². The van der Waals surface area contributed by atoms with Gasteiger partial charge in [0.1, 0.15) is 6.10 Å². The van der Waals surface area contributed by atoms with Gasteiger partial charge in [0.2, 0.25) is 0 Å². The summed E-state index contributed by atoms with van der Waals surface area (Å²) in [6, 6.07) is 15.7. The van der Waals surface area contributed by atoms with Gasteiger partial charge in [-0.15, -0.1) is 0 Å². The summed E-state index contributed by atoms with van der Waals surface area (Å²) in [5.74, 6) is 0. The lowest BCUT2D eigenvalue weighted by Gasteiger charge is -2.27. The Bertz CT molecular complexity index is 846. The molecular weight excluding hydrogens is 423 g/mol. The van der Waals surface area contributed by atoms with E-state index in [0.29, 0.717) is 42.7 Å². The van der Waals surface area contributed by atoms with E-state index < -0.39 is 6.10 Å². The molecule has 1 aliphatic heterocycles. The van der Waals surface area contributed by atoms with Crippen molar-refractivity contribution in [3.63, 3.8) is 0 Å². The van der Waals surface area contributed by atoms with E-state index in [2.05, 4.69) is 22.2 Å². The Labute approximate surface area is 188 Å². The zero-order valence-corrected chi connectivity index (χ0v) is 18.8. The molecule has 0 fully saturated rings. The number of aliphatic hydroxyl groups is 1. The van der Waals surface area contributed by atoms with E-state index in [1.54, 1.807) is 6.07 Å². The number of nitrogens with zero attached hydrogens (tertiary/aromatic N) is 2. The summed E-state index contributed by atoms with van der Waals surface area (Å²) in [6.45, 7) is 6.07.